The number of hydrogen-bond acceptors (Lipinski definition) is 4. The van der Waals surface area contributed by atoms with Crippen molar-refractivity contribution in [2.45, 2.75) is 12.5 Å². The number of thiazole rings is 1. The molecule has 1 N–H and O–H groups in total. The third-order valence-electron chi connectivity index (χ3n) is 1.89. The Hall–Kier alpha value is -0.450. The fourth-order valence-corrected chi connectivity index (χ4v) is 1.73. The molecule has 0 aromatic carbocycles. The maximum absolute atomic E-state index is 5.05. The molecule has 1 aromatic heterocycles. The van der Waals surface area contributed by atoms with Crippen molar-refractivity contribution in [2.75, 3.05) is 19.8 Å². The van der Waals surface area contributed by atoms with Gasteiger partial charge in [-0.2, -0.15) is 0 Å². The van der Waals surface area contributed by atoms with Crippen LogP contribution in [0.4, 0.5) is 0 Å². The highest BCUT2D eigenvalue weighted by atomic mass is 32.1. The number of nitrogens with one attached hydrogen (secondary N) is 1. The Labute approximate surface area is 75.8 Å². The highest BCUT2D eigenvalue weighted by Gasteiger charge is 2.16. The van der Waals surface area contributed by atoms with Crippen LogP contribution < -0.4 is 5.32 Å². The maximum atomic E-state index is 5.05. The molecule has 0 amide bonds. The van der Waals surface area contributed by atoms with E-state index in [1.165, 1.54) is 5.01 Å². The van der Waals surface area contributed by atoms with Crippen LogP contribution in [0, 0.1) is 0 Å². The molecule has 0 radical (unpaired) electrons. The largest absolute Gasteiger partial charge is 0.378 e. The van der Waals surface area contributed by atoms with E-state index in [1.54, 1.807) is 11.3 Å². The molecule has 1 saturated heterocycles. The first-order valence-electron chi connectivity index (χ1n) is 4.14. The van der Waals surface area contributed by atoms with Crippen molar-refractivity contribution >= 4 is 11.3 Å². The van der Waals surface area contributed by atoms with E-state index in [9.17, 15) is 0 Å². The van der Waals surface area contributed by atoms with Crippen molar-refractivity contribution in [3.05, 3.63) is 16.6 Å². The SMILES string of the molecule is c1csc(CCNC2COC2)n1. The first-order valence-corrected chi connectivity index (χ1v) is 5.02. The Bertz CT molecular complexity index is 221. The zero-order valence-electron chi connectivity index (χ0n) is 6.82. The van der Waals surface area contributed by atoms with E-state index in [0.717, 1.165) is 26.2 Å². The molecule has 0 spiro atoms. The molecule has 3 nitrogen and oxygen atoms in total. The summed E-state index contributed by atoms with van der Waals surface area (Å²) in [5.74, 6) is 0. The summed E-state index contributed by atoms with van der Waals surface area (Å²) in [4.78, 5) is 4.20. The third-order valence-corrected chi connectivity index (χ3v) is 2.73. The molecule has 1 aromatic rings. The first kappa shape index (κ1) is 8.16. The van der Waals surface area contributed by atoms with Crippen molar-refractivity contribution in [1.82, 2.24) is 10.3 Å². The summed E-state index contributed by atoms with van der Waals surface area (Å²) < 4.78 is 5.05. The lowest BCUT2D eigenvalue weighted by molar-refractivity contribution is -0.00467. The van der Waals surface area contributed by atoms with Crippen LogP contribution in [-0.2, 0) is 11.2 Å². The summed E-state index contributed by atoms with van der Waals surface area (Å²) in [5, 5.41) is 6.63. The molecule has 0 atom stereocenters. The van der Waals surface area contributed by atoms with E-state index in [2.05, 4.69) is 10.3 Å². The van der Waals surface area contributed by atoms with Crippen LogP contribution in [0.2, 0.25) is 0 Å². The van der Waals surface area contributed by atoms with Crippen molar-refractivity contribution in [3.63, 3.8) is 0 Å². The van der Waals surface area contributed by atoms with Crippen molar-refractivity contribution in [3.8, 4) is 0 Å². The lowest BCUT2D eigenvalue weighted by Gasteiger charge is -2.26. The van der Waals surface area contributed by atoms with Crippen LogP contribution in [0.5, 0.6) is 0 Å². The number of ether oxygens (including phenoxy) is 1. The number of rotatable bonds is 4. The Balaban J connectivity index is 1.62. The van der Waals surface area contributed by atoms with Gasteiger partial charge in [0.15, 0.2) is 0 Å². The maximum Gasteiger partial charge on any atom is 0.0937 e. The van der Waals surface area contributed by atoms with E-state index in [4.69, 9.17) is 4.74 Å². The minimum Gasteiger partial charge on any atom is -0.378 e. The van der Waals surface area contributed by atoms with Crippen molar-refractivity contribution in [2.24, 2.45) is 0 Å². The fourth-order valence-electron chi connectivity index (χ4n) is 1.11. The number of nitrogens with zero attached hydrogens (tertiary/aromatic N) is 1. The van der Waals surface area contributed by atoms with Gasteiger partial charge in [0.1, 0.15) is 0 Å². The Morgan fingerprint density at radius 2 is 2.58 bits per heavy atom. The second-order valence-corrected chi connectivity index (χ2v) is 3.84. The highest BCUT2D eigenvalue weighted by Crippen LogP contribution is 2.04. The minimum atomic E-state index is 0.588. The molecule has 0 saturated carbocycles. The fraction of sp³-hybridized carbons (Fsp3) is 0.625. The van der Waals surface area contributed by atoms with E-state index >= 15 is 0 Å². The third kappa shape index (κ3) is 2.03. The van der Waals surface area contributed by atoms with Crippen LogP contribution in [0.1, 0.15) is 5.01 Å². The lowest BCUT2D eigenvalue weighted by atomic mass is 10.2. The van der Waals surface area contributed by atoms with Gasteiger partial charge in [0.05, 0.1) is 24.3 Å². The molecule has 2 rings (SSSR count). The smallest absolute Gasteiger partial charge is 0.0937 e. The predicted octanol–water partition coefficient (Wildman–Crippen LogP) is 0.674. The molecule has 12 heavy (non-hydrogen) atoms. The van der Waals surface area contributed by atoms with Gasteiger partial charge < -0.3 is 10.1 Å². The standard InChI is InChI=1S/C8H12N2OS/c1(8-10-3-4-12-8)2-9-7-5-11-6-7/h3-4,7,9H,1-2,5-6H2. The molecule has 4 heteroatoms. The van der Waals surface area contributed by atoms with Gasteiger partial charge in [-0.25, -0.2) is 4.98 Å². The van der Waals surface area contributed by atoms with Crippen LogP contribution in [0.25, 0.3) is 0 Å². The zero-order chi connectivity index (χ0) is 8.23. The number of aromatic nitrogens is 1. The van der Waals surface area contributed by atoms with Crippen molar-refractivity contribution < 1.29 is 4.74 Å². The van der Waals surface area contributed by atoms with E-state index in [-0.39, 0.29) is 0 Å². The molecule has 0 unspecified atom stereocenters. The van der Waals surface area contributed by atoms with Gasteiger partial charge in [-0.3, -0.25) is 0 Å². The average Bonchev–Trinajstić information content (AvgIpc) is 2.46. The summed E-state index contributed by atoms with van der Waals surface area (Å²) >= 11 is 1.72. The quantitative estimate of drug-likeness (QED) is 0.747. The van der Waals surface area contributed by atoms with Gasteiger partial charge in [-0.15, -0.1) is 11.3 Å². The topological polar surface area (TPSA) is 34.1 Å². The Morgan fingerprint density at radius 3 is 3.17 bits per heavy atom. The van der Waals surface area contributed by atoms with E-state index in [1.807, 2.05) is 11.6 Å². The molecule has 66 valence electrons. The summed E-state index contributed by atoms with van der Waals surface area (Å²) in [6.07, 6.45) is 2.89. The van der Waals surface area contributed by atoms with Gasteiger partial charge in [0, 0.05) is 24.5 Å². The predicted molar refractivity (Wildman–Crippen MR) is 48.4 cm³/mol. The second kappa shape index (κ2) is 3.98. The van der Waals surface area contributed by atoms with Gasteiger partial charge in [0.25, 0.3) is 0 Å². The average molecular weight is 184 g/mol. The molecule has 2 heterocycles. The normalized spacial score (nSPS) is 17.7. The minimum absolute atomic E-state index is 0.588. The molecule has 1 aliphatic rings. The van der Waals surface area contributed by atoms with Gasteiger partial charge in [0.2, 0.25) is 0 Å². The summed E-state index contributed by atoms with van der Waals surface area (Å²) in [6.45, 7) is 2.76. The molecular weight excluding hydrogens is 172 g/mol. The lowest BCUT2D eigenvalue weighted by Crippen LogP contribution is -2.46. The van der Waals surface area contributed by atoms with Crippen molar-refractivity contribution in [1.29, 1.82) is 0 Å². The highest BCUT2D eigenvalue weighted by molar-refractivity contribution is 7.09. The summed E-state index contributed by atoms with van der Waals surface area (Å²) in [6, 6.07) is 0.588. The van der Waals surface area contributed by atoms with Crippen LogP contribution in [0.3, 0.4) is 0 Å². The number of hydrogen-bond donors (Lipinski definition) is 1. The van der Waals surface area contributed by atoms with Crippen LogP contribution in [-0.4, -0.2) is 30.8 Å². The van der Waals surface area contributed by atoms with Gasteiger partial charge >= 0.3 is 0 Å². The molecule has 0 bridgehead atoms. The first-order chi connectivity index (χ1) is 5.95. The molecule has 0 aliphatic carbocycles. The summed E-state index contributed by atoms with van der Waals surface area (Å²) in [5.41, 5.74) is 0. The second-order valence-electron chi connectivity index (χ2n) is 2.86. The van der Waals surface area contributed by atoms with E-state index < -0.39 is 0 Å². The monoisotopic (exact) mass is 184 g/mol. The summed E-state index contributed by atoms with van der Waals surface area (Å²) in [7, 11) is 0. The van der Waals surface area contributed by atoms with Crippen LogP contribution in [0.15, 0.2) is 11.6 Å². The molecular formula is C8H12N2OS. The van der Waals surface area contributed by atoms with E-state index in [0.29, 0.717) is 6.04 Å². The van der Waals surface area contributed by atoms with Gasteiger partial charge in [-0.1, -0.05) is 0 Å². The van der Waals surface area contributed by atoms with Gasteiger partial charge in [-0.05, 0) is 0 Å². The van der Waals surface area contributed by atoms with Crippen LogP contribution >= 0.6 is 11.3 Å². The molecule has 1 fully saturated rings. The molecule has 1 aliphatic heterocycles. The Morgan fingerprint density at radius 1 is 1.67 bits per heavy atom. The Kier molecular flexibility index (Phi) is 2.71. The zero-order valence-corrected chi connectivity index (χ0v) is 7.64.